The van der Waals surface area contributed by atoms with Gasteiger partial charge in [0.1, 0.15) is 11.0 Å². The van der Waals surface area contributed by atoms with Crippen LogP contribution in [-0.2, 0) is 0 Å². The number of aliphatic hydroxyl groups excluding tert-OH is 1. The minimum Gasteiger partial charge on any atom is -0.395 e. The number of nitrogen functional groups attached to an aromatic ring is 1. The molecule has 1 amide bonds. The molecule has 0 bridgehead atoms. The standard InChI is InChI=1S/C9H13ClN4O2/c1-14(2-3-15)9(16)6-4-7(10)12-8(5-6)13-11/h4-5,15H,2-3,11H2,1H3,(H,12,13). The van der Waals surface area contributed by atoms with Crippen molar-refractivity contribution in [2.75, 3.05) is 25.6 Å². The number of carbonyl (C=O) groups excluding carboxylic acids is 1. The fourth-order valence-electron chi connectivity index (χ4n) is 1.17. The molecule has 0 saturated heterocycles. The predicted octanol–water partition coefficient (Wildman–Crippen LogP) is 0.0849. The van der Waals surface area contributed by atoms with Crippen LogP contribution in [0.1, 0.15) is 10.4 Å². The molecule has 0 spiro atoms. The summed E-state index contributed by atoms with van der Waals surface area (Å²) in [6.07, 6.45) is 0. The molecule has 1 rings (SSSR count). The second-order valence-corrected chi connectivity index (χ2v) is 3.55. The van der Waals surface area contributed by atoms with Crippen LogP contribution < -0.4 is 11.3 Å². The molecule has 0 aliphatic heterocycles. The Kier molecular flexibility index (Phi) is 4.48. The first-order valence-corrected chi connectivity index (χ1v) is 4.96. The zero-order chi connectivity index (χ0) is 12.1. The summed E-state index contributed by atoms with van der Waals surface area (Å²) in [4.78, 5) is 17.0. The Hall–Kier alpha value is -1.37. The second-order valence-electron chi connectivity index (χ2n) is 3.16. The van der Waals surface area contributed by atoms with E-state index in [1.807, 2.05) is 0 Å². The van der Waals surface area contributed by atoms with Crippen LogP contribution in [0.5, 0.6) is 0 Å². The van der Waals surface area contributed by atoms with Crippen LogP contribution in [0.3, 0.4) is 0 Å². The number of hydrazine groups is 1. The van der Waals surface area contributed by atoms with Gasteiger partial charge in [-0.1, -0.05) is 11.6 Å². The smallest absolute Gasteiger partial charge is 0.253 e. The monoisotopic (exact) mass is 244 g/mol. The minimum absolute atomic E-state index is 0.0942. The molecule has 1 heterocycles. The Morgan fingerprint density at radius 2 is 2.38 bits per heavy atom. The van der Waals surface area contributed by atoms with Crippen LogP contribution in [0.2, 0.25) is 5.15 Å². The van der Waals surface area contributed by atoms with E-state index in [9.17, 15) is 4.79 Å². The highest BCUT2D eigenvalue weighted by Gasteiger charge is 2.13. The molecule has 7 heteroatoms. The van der Waals surface area contributed by atoms with Crippen LogP contribution in [0, 0.1) is 0 Å². The average molecular weight is 245 g/mol. The number of pyridine rings is 1. The number of rotatable bonds is 4. The van der Waals surface area contributed by atoms with Crippen molar-refractivity contribution < 1.29 is 9.90 Å². The molecule has 0 aliphatic carbocycles. The van der Waals surface area contributed by atoms with Crippen LogP contribution in [-0.4, -0.2) is 41.1 Å². The van der Waals surface area contributed by atoms with Crippen LogP contribution >= 0.6 is 11.6 Å². The van der Waals surface area contributed by atoms with Gasteiger partial charge in [0.05, 0.1) is 6.61 Å². The van der Waals surface area contributed by atoms with Gasteiger partial charge in [-0.05, 0) is 12.1 Å². The Bertz CT molecular complexity index is 386. The first kappa shape index (κ1) is 12.7. The van der Waals surface area contributed by atoms with Gasteiger partial charge >= 0.3 is 0 Å². The largest absolute Gasteiger partial charge is 0.395 e. The third-order valence-electron chi connectivity index (χ3n) is 1.97. The van der Waals surface area contributed by atoms with E-state index in [2.05, 4.69) is 10.4 Å². The van der Waals surface area contributed by atoms with E-state index in [1.165, 1.54) is 17.0 Å². The number of aromatic nitrogens is 1. The Balaban J connectivity index is 2.94. The Morgan fingerprint density at radius 1 is 1.69 bits per heavy atom. The van der Waals surface area contributed by atoms with E-state index < -0.39 is 0 Å². The lowest BCUT2D eigenvalue weighted by atomic mass is 10.2. The lowest BCUT2D eigenvalue weighted by Gasteiger charge is -2.16. The number of nitrogens with zero attached hydrogens (tertiary/aromatic N) is 2. The lowest BCUT2D eigenvalue weighted by molar-refractivity contribution is 0.0767. The van der Waals surface area contributed by atoms with Crippen LogP contribution in [0.15, 0.2) is 12.1 Å². The maximum atomic E-state index is 11.8. The quantitative estimate of drug-likeness (QED) is 0.397. The van der Waals surface area contributed by atoms with Gasteiger partial charge in [0.15, 0.2) is 0 Å². The molecule has 0 aromatic carbocycles. The summed E-state index contributed by atoms with van der Waals surface area (Å²) in [6.45, 7) is 0.160. The molecule has 0 unspecified atom stereocenters. The summed E-state index contributed by atoms with van der Waals surface area (Å²) in [5.41, 5.74) is 2.68. The first-order chi connectivity index (χ1) is 7.58. The van der Waals surface area contributed by atoms with Crippen molar-refractivity contribution in [2.24, 2.45) is 5.84 Å². The second kappa shape index (κ2) is 5.64. The molecule has 0 fully saturated rings. The molecular weight excluding hydrogens is 232 g/mol. The number of halogens is 1. The summed E-state index contributed by atoms with van der Waals surface area (Å²) in [7, 11) is 1.59. The molecule has 88 valence electrons. The molecule has 0 aliphatic rings. The van der Waals surface area contributed by atoms with Crippen molar-refractivity contribution >= 4 is 23.3 Å². The molecule has 1 aromatic rings. The lowest BCUT2D eigenvalue weighted by Crippen LogP contribution is -2.29. The van der Waals surface area contributed by atoms with E-state index in [-0.39, 0.29) is 24.2 Å². The van der Waals surface area contributed by atoms with Gasteiger partial charge in [-0.15, -0.1) is 0 Å². The zero-order valence-corrected chi connectivity index (χ0v) is 9.53. The summed E-state index contributed by atoms with van der Waals surface area (Å²) in [5, 5.41) is 8.90. The number of amides is 1. The fraction of sp³-hybridized carbons (Fsp3) is 0.333. The number of hydrogen-bond donors (Lipinski definition) is 3. The Labute approximate surface area is 98.0 Å². The van der Waals surface area contributed by atoms with Gasteiger partial charge < -0.3 is 15.4 Å². The Morgan fingerprint density at radius 3 is 2.94 bits per heavy atom. The molecular formula is C9H13ClN4O2. The average Bonchev–Trinajstić information content (AvgIpc) is 2.27. The highest BCUT2D eigenvalue weighted by Crippen LogP contribution is 2.15. The van der Waals surface area contributed by atoms with Crippen molar-refractivity contribution in [1.29, 1.82) is 0 Å². The molecule has 0 saturated carbocycles. The van der Waals surface area contributed by atoms with Crippen molar-refractivity contribution in [3.8, 4) is 0 Å². The first-order valence-electron chi connectivity index (χ1n) is 4.59. The van der Waals surface area contributed by atoms with Gasteiger partial charge in [0.2, 0.25) is 0 Å². The predicted molar refractivity (Wildman–Crippen MR) is 61.1 cm³/mol. The van der Waals surface area contributed by atoms with E-state index >= 15 is 0 Å². The number of aliphatic hydroxyl groups is 1. The summed E-state index contributed by atoms with van der Waals surface area (Å²) in [5.74, 6) is 5.24. The van der Waals surface area contributed by atoms with Crippen molar-refractivity contribution in [2.45, 2.75) is 0 Å². The molecule has 0 atom stereocenters. The van der Waals surface area contributed by atoms with E-state index in [0.29, 0.717) is 11.4 Å². The van der Waals surface area contributed by atoms with Crippen LogP contribution in [0.4, 0.5) is 5.82 Å². The number of nitrogens with two attached hydrogens (primary N) is 1. The highest BCUT2D eigenvalue weighted by molar-refractivity contribution is 6.29. The van der Waals surface area contributed by atoms with Gasteiger partial charge in [0, 0.05) is 19.2 Å². The molecule has 16 heavy (non-hydrogen) atoms. The summed E-state index contributed by atoms with van der Waals surface area (Å²) < 4.78 is 0. The van der Waals surface area contributed by atoms with E-state index in [1.54, 1.807) is 7.05 Å². The van der Waals surface area contributed by atoms with E-state index in [0.717, 1.165) is 0 Å². The topological polar surface area (TPSA) is 91.5 Å². The maximum Gasteiger partial charge on any atom is 0.253 e. The zero-order valence-electron chi connectivity index (χ0n) is 8.77. The summed E-state index contributed by atoms with van der Waals surface area (Å²) >= 11 is 5.73. The molecule has 1 aromatic heterocycles. The van der Waals surface area contributed by atoms with Crippen molar-refractivity contribution in [3.05, 3.63) is 22.8 Å². The number of nitrogens with one attached hydrogen (secondary N) is 1. The van der Waals surface area contributed by atoms with E-state index in [4.69, 9.17) is 22.6 Å². The SMILES string of the molecule is CN(CCO)C(=O)c1cc(Cl)nc(NN)c1. The highest BCUT2D eigenvalue weighted by atomic mass is 35.5. The number of hydrogen-bond acceptors (Lipinski definition) is 5. The maximum absolute atomic E-state index is 11.8. The normalized spacial score (nSPS) is 10.0. The van der Waals surface area contributed by atoms with Crippen molar-refractivity contribution in [3.63, 3.8) is 0 Å². The van der Waals surface area contributed by atoms with Gasteiger partial charge in [-0.3, -0.25) is 4.79 Å². The third kappa shape index (κ3) is 3.06. The number of carbonyl (C=O) groups is 1. The summed E-state index contributed by atoms with van der Waals surface area (Å²) in [6, 6.07) is 2.93. The van der Waals surface area contributed by atoms with Crippen molar-refractivity contribution in [1.82, 2.24) is 9.88 Å². The minimum atomic E-state index is -0.255. The molecule has 0 radical (unpaired) electrons. The molecule has 4 N–H and O–H groups in total. The van der Waals surface area contributed by atoms with Gasteiger partial charge in [0.25, 0.3) is 5.91 Å². The fourth-order valence-corrected chi connectivity index (χ4v) is 1.37. The molecule has 6 nitrogen and oxygen atoms in total. The van der Waals surface area contributed by atoms with Gasteiger partial charge in [-0.2, -0.15) is 0 Å². The van der Waals surface area contributed by atoms with Gasteiger partial charge in [-0.25, -0.2) is 10.8 Å². The third-order valence-corrected chi connectivity index (χ3v) is 2.16. The van der Waals surface area contributed by atoms with Crippen LogP contribution in [0.25, 0.3) is 0 Å². The number of likely N-dealkylation sites (N-methyl/N-ethyl adjacent to an activating group) is 1. The number of anilines is 1.